The zero-order chi connectivity index (χ0) is 14.5. The quantitative estimate of drug-likeness (QED) is 0.860. The SMILES string of the molecule is C=CCNC(=O)Cc1sc(-c2ccc(F)cc2)nc1C. The fourth-order valence-electron chi connectivity index (χ4n) is 1.70. The summed E-state index contributed by atoms with van der Waals surface area (Å²) in [6.07, 6.45) is 1.94. The molecule has 2 aromatic rings. The van der Waals surface area contributed by atoms with E-state index in [0.717, 1.165) is 21.1 Å². The number of aromatic nitrogens is 1. The maximum absolute atomic E-state index is 12.9. The lowest BCUT2D eigenvalue weighted by atomic mass is 10.2. The molecule has 1 aromatic carbocycles. The van der Waals surface area contributed by atoms with Crippen molar-refractivity contribution in [2.24, 2.45) is 0 Å². The summed E-state index contributed by atoms with van der Waals surface area (Å²) >= 11 is 1.46. The zero-order valence-corrected chi connectivity index (χ0v) is 12.0. The zero-order valence-electron chi connectivity index (χ0n) is 11.1. The molecule has 5 heteroatoms. The van der Waals surface area contributed by atoms with Crippen LogP contribution in [0.5, 0.6) is 0 Å². The molecule has 1 N–H and O–H groups in total. The first kappa shape index (κ1) is 14.4. The molecule has 0 atom stereocenters. The van der Waals surface area contributed by atoms with Crippen LogP contribution in [0.4, 0.5) is 4.39 Å². The van der Waals surface area contributed by atoms with E-state index in [1.54, 1.807) is 18.2 Å². The summed E-state index contributed by atoms with van der Waals surface area (Å²) in [4.78, 5) is 17.0. The predicted molar refractivity (Wildman–Crippen MR) is 79.2 cm³/mol. The Balaban J connectivity index is 2.15. The second kappa shape index (κ2) is 6.43. The molecule has 1 amide bonds. The minimum atomic E-state index is -0.272. The average molecular weight is 290 g/mol. The van der Waals surface area contributed by atoms with Gasteiger partial charge in [-0.2, -0.15) is 0 Å². The Labute approximate surface area is 121 Å². The summed E-state index contributed by atoms with van der Waals surface area (Å²) < 4.78 is 12.9. The molecular weight excluding hydrogens is 275 g/mol. The van der Waals surface area contributed by atoms with Crippen molar-refractivity contribution < 1.29 is 9.18 Å². The molecule has 0 saturated heterocycles. The van der Waals surface area contributed by atoms with E-state index in [1.807, 2.05) is 6.92 Å². The van der Waals surface area contributed by atoms with Crippen molar-refractivity contribution >= 4 is 17.2 Å². The number of hydrogen-bond acceptors (Lipinski definition) is 3. The smallest absolute Gasteiger partial charge is 0.225 e. The van der Waals surface area contributed by atoms with Crippen molar-refractivity contribution in [3.05, 3.63) is 53.3 Å². The fraction of sp³-hybridized carbons (Fsp3) is 0.200. The number of aryl methyl sites for hydroxylation is 1. The summed E-state index contributed by atoms with van der Waals surface area (Å²) in [5, 5.41) is 3.54. The third kappa shape index (κ3) is 3.51. The van der Waals surface area contributed by atoms with Gasteiger partial charge in [0.05, 0.1) is 12.1 Å². The van der Waals surface area contributed by atoms with Crippen LogP contribution >= 0.6 is 11.3 Å². The highest BCUT2D eigenvalue weighted by Gasteiger charge is 2.12. The van der Waals surface area contributed by atoms with Crippen molar-refractivity contribution in [2.75, 3.05) is 6.54 Å². The summed E-state index contributed by atoms with van der Waals surface area (Å²) in [6, 6.07) is 6.19. The van der Waals surface area contributed by atoms with Crippen LogP contribution in [0.25, 0.3) is 10.6 Å². The Bertz CT molecular complexity index is 619. The van der Waals surface area contributed by atoms with E-state index in [1.165, 1.54) is 23.5 Å². The predicted octanol–water partition coefficient (Wildman–Crippen LogP) is 3.10. The van der Waals surface area contributed by atoms with Crippen LogP contribution in [0.2, 0.25) is 0 Å². The lowest BCUT2D eigenvalue weighted by Gasteiger charge is -2.00. The van der Waals surface area contributed by atoms with Crippen molar-refractivity contribution in [1.82, 2.24) is 10.3 Å². The van der Waals surface area contributed by atoms with Gasteiger partial charge < -0.3 is 5.32 Å². The van der Waals surface area contributed by atoms with Crippen LogP contribution in [0.1, 0.15) is 10.6 Å². The Hall–Kier alpha value is -2.01. The minimum absolute atomic E-state index is 0.0534. The van der Waals surface area contributed by atoms with Crippen LogP contribution in [0.15, 0.2) is 36.9 Å². The molecule has 104 valence electrons. The third-order valence-electron chi connectivity index (χ3n) is 2.75. The van der Waals surface area contributed by atoms with Gasteiger partial charge in [-0.25, -0.2) is 9.37 Å². The molecule has 0 bridgehead atoms. The van der Waals surface area contributed by atoms with Gasteiger partial charge in [0.15, 0.2) is 0 Å². The Morgan fingerprint density at radius 1 is 1.45 bits per heavy atom. The molecule has 0 fully saturated rings. The van der Waals surface area contributed by atoms with Gasteiger partial charge in [0.25, 0.3) is 0 Å². The first-order valence-corrected chi connectivity index (χ1v) is 7.01. The molecule has 0 aliphatic rings. The van der Waals surface area contributed by atoms with Crippen LogP contribution in [0.3, 0.4) is 0 Å². The van der Waals surface area contributed by atoms with E-state index in [-0.39, 0.29) is 11.7 Å². The second-order valence-electron chi connectivity index (χ2n) is 4.30. The van der Waals surface area contributed by atoms with Crippen molar-refractivity contribution in [3.63, 3.8) is 0 Å². The van der Waals surface area contributed by atoms with Gasteiger partial charge in [-0.05, 0) is 31.2 Å². The molecule has 0 spiro atoms. The van der Waals surface area contributed by atoms with Gasteiger partial charge in [-0.3, -0.25) is 4.79 Å². The monoisotopic (exact) mass is 290 g/mol. The number of nitrogens with one attached hydrogen (secondary N) is 1. The molecule has 0 aliphatic heterocycles. The number of carbonyl (C=O) groups excluding carboxylic acids is 1. The van der Waals surface area contributed by atoms with Gasteiger partial charge in [0.2, 0.25) is 5.91 Å². The molecule has 0 unspecified atom stereocenters. The average Bonchev–Trinajstić information content (AvgIpc) is 2.78. The molecular formula is C15H15FN2OS. The normalized spacial score (nSPS) is 10.3. The number of halogens is 1. The van der Waals surface area contributed by atoms with E-state index in [9.17, 15) is 9.18 Å². The number of amides is 1. The molecule has 2 rings (SSSR count). The number of nitrogens with zero attached hydrogens (tertiary/aromatic N) is 1. The third-order valence-corrected chi connectivity index (χ3v) is 3.96. The number of thiazole rings is 1. The van der Waals surface area contributed by atoms with Crippen LogP contribution in [0, 0.1) is 12.7 Å². The second-order valence-corrected chi connectivity index (χ2v) is 5.39. The van der Waals surface area contributed by atoms with Crippen LogP contribution in [-0.4, -0.2) is 17.4 Å². The Kier molecular flexibility index (Phi) is 4.63. The molecule has 20 heavy (non-hydrogen) atoms. The summed E-state index contributed by atoms with van der Waals surface area (Å²) in [5.74, 6) is -0.326. The maximum atomic E-state index is 12.9. The van der Waals surface area contributed by atoms with Crippen molar-refractivity contribution in [3.8, 4) is 10.6 Å². The number of rotatable bonds is 5. The van der Waals surface area contributed by atoms with E-state index in [2.05, 4.69) is 16.9 Å². The van der Waals surface area contributed by atoms with Crippen LogP contribution < -0.4 is 5.32 Å². The topological polar surface area (TPSA) is 42.0 Å². The first-order valence-electron chi connectivity index (χ1n) is 6.20. The lowest BCUT2D eigenvalue weighted by Crippen LogP contribution is -2.24. The highest BCUT2D eigenvalue weighted by molar-refractivity contribution is 7.15. The minimum Gasteiger partial charge on any atom is -0.352 e. The molecule has 1 heterocycles. The fourth-order valence-corrected chi connectivity index (χ4v) is 2.77. The van der Waals surface area contributed by atoms with E-state index >= 15 is 0 Å². The molecule has 1 aromatic heterocycles. The Morgan fingerprint density at radius 2 is 2.15 bits per heavy atom. The highest BCUT2D eigenvalue weighted by Crippen LogP contribution is 2.28. The van der Waals surface area contributed by atoms with E-state index < -0.39 is 0 Å². The molecule has 3 nitrogen and oxygen atoms in total. The Morgan fingerprint density at radius 3 is 2.80 bits per heavy atom. The van der Waals surface area contributed by atoms with Gasteiger partial charge >= 0.3 is 0 Å². The summed E-state index contributed by atoms with van der Waals surface area (Å²) in [6.45, 7) is 5.89. The van der Waals surface area contributed by atoms with Gasteiger partial charge in [-0.15, -0.1) is 17.9 Å². The van der Waals surface area contributed by atoms with Gasteiger partial charge in [0.1, 0.15) is 10.8 Å². The first-order chi connectivity index (χ1) is 9.60. The summed E-state index contributed by atoms with van der Waals surface area (Å²) in [5.41, 5.74) is 1.69. The van der Waals surface area contributed by atoms with Gasteiger partial charge in [0, 0.05) is 17.0 Å². The standard InChI is InChI=1S/C15H15FN2OS/c1-3-8-17-14(19)9-13-10(2)18-15(20-13)11-4-6-12(16)7-5-11/h3-7H,1,8-9H2,2H3,(H,17,19). The number of benzene rings is 1. The molecule has 0 radical (unpaired) electrons. The van der Waals surface area contributed by atoms with E-state index in [4.69, 9.17) is 0 Å². The van der Waals surface area contributed by atoms with E-state index in [0.29, 0.717) is 13.0 Å². The maximum Gasteiger partial charge on any atom is 0.225 e. The largest absolute Gasteiger partial charge is 0.352 e. The van der Waals surface area contributed by atoms with Crippen LogP contribution in [-0.2, 0) is 11.2 Å². The van der Waals surface area contributed by atoms with Crippen molar-refractivity contribution in [2.45, 2.75) is 13.3 Å². The lowest BCUT2D eigenvalue weighted by molar-refractivity contribution is -0.120. The molecule has 0 saturated carbocycles. The summed E-state index contributed by atoms with van der Waals surface area (Å²) in [7, 11) is 0. The van der Waals surface area contributed by atoms with Gasteiger partial charge in [-0.1, -0.05) is 6.08 Å². The number of carbonyl (C=O) groups is 1. The number of hydrogen-bond donors (Lipinski definition) is 1. The highest BCUT2D eigenvalue weighted by atomic mass is 32.1. The van der Waals surface area contributed by atoms with Crippen molar-refractivity contribution in [1.29, 1.82) is 0 Å². The molecule has 0 aliphatic carbocycles.